The molecule has 124 valence electrons. The van der Waals surface area contributed by atoms with E-state index in [-0.39, 0.29) is 5.97 Å². The lowest BCUT2D eigenvalue weighted by Crippen LogP contribution is -2.21. The minimum absolute atomic E-state index is 0.313. The molecule has 1 aliphatic heterocycles. The standard InChI is InChI=1S/C16H15BrN4O2S/c1-3-23-15(22)13(8-11-4-6-12(17)7-5-11)14-9-24-16-19-18-10(2)21(16)20-14/h4-8H,3,9H2,1-2H3/b13-8-. The van der Waals surface area contributed by atoms with Gasteiger partial charge in [0.25, 0.3) is 0 Å². The van der Waals surface area contributed by atoms with E-state index in [0.717, 1.165) is 15.2 Å². The van der Waals surface area contributed by atoms with Crippen molar-refractivity contribution >= 4 is 45.4 Å². The second kappa shape index (κ2) is 7.31. The van der Waals surface area contributed by atoms with Crippen LogP contribution in [0.25, 0.3) is 6.08 Å². The first kappa shape index (κ1) is 16.9. The third kappa shape index (κ3) is 3.59. The number of thioether (sulfide) groups is 1. The fraction of sp³-hybridized carbons (Fsp3) is 0.250. The lowest BCUT2D eigenvalue weighted by molar-refractivity contribution is -0.137. The Morgan fingerprint density at radius 3 is 2.83 bits per heavy atom. The second-order valence-electron chi connectivity index (χ2n) is 5.01. The Balaban J connectivity index is 2.02. The summed E-state index contributed by atoms with van der Waals surface area (Å²) in [7, 11) is 0. The van der Waals surface area contributed by atoms with Gasteiger partial charge < -0.3 is 4.74 Å². The molecule has 6 nitrogen and oxygen atoms in total. The Hall–Kier alpha value is -1.93. The number of ether oxygens (including phenoxy) is 1. The monoisotopic (exact) mass is 406 g/mol. The number of rotatable bonds is 4. The van der Waals surface area contributed by atoms with Crippen molar-refractivity contribution in [2.24, 2.45) is 5.10 Å². The molecule has 1 aromatic heterocycles. The van der Waals surface area contributed by atoms with Gasteiger partial charge in [-0.05, 0) is 37.6 Å². The summed E-state index contributed by atoms with van der Waals surface area (Å²) in [5.41, 5.74) is 2.00. The quantitative estimate of drug-likeness (QED) is 0.575. The summed E-state index contributed by atoms with van der Waals surface area (Å²) in [6.45, 7) is 3.93. The van der Waals surface area contributed by atoms with Gasteiger partial charge in [-0.2, -0.15) is 9.78 Å². The van der Waals surface area contributed by atoms with Crippen LogP contribution in [0.2, 0.25) is 0 Å². The van der Waals surface area contributed by atoms with Gasteiger partial charge in [-0.3, -0.25) is 0 Å². The van der Waals surface area contributed by atoms with Crippen molar-refractivity contribution in [2.75, 3.05) is 12.4 Å². The van der Waals surface area contributed by atoms with Crippen molar-refractivity contribution in [2.45, 2.75) is 19.0 Å². The van der Waals surface area contributed by atoms with Crippen LogP contribution in [0.4, 0.5) is 0 Å². The fourth-order valence-corrected chi connectivity index (χ4v) is 3.29. The van der Waals surface area contributed by atoms with Gasteiger partial charge >= 0.3 is 5.97 Å². The van der Waals surface area contributed by atoms with Crippen LogP contribution in [0, 0.1) is 6.92 Å². The van der Waals surface area contributed by atoms with E-state index in [2.05, 4.69) is 31.2 Å². The first-order valence-electron chi connectivity index (χ1n) is 7.36. The average molecular weight is 407 g/mol. The number of carbonyl (C=O) groups is 1. The minimum Gasteiger partial charge on any atom is -0.462 e. The number of fused-ring (bicyclic) bond motifs is 1. The molecule has 3 rings (SSSR count). The first-order chi connectivity index (χ1) is 11.6. The molecular weight excluding hydrogens is 392 g/mol. The Kier molecular flexibility index (Phi) is 5.15. The number of hydrogen-bond donors (Lipinski definition) is 0. The van der Waals surface area contributed by atoms with Crippen LogP contribution in [0.15, 0.2) is 44.6 Å². The molecule has 0 fully saturated rings. The molecule has 0 aliphatic carbocycles. The topological polar surface area (TPSA) is 69.4 Å². The Labute approximate surface area is 152 Å². The molecular formula is C16H15BrN4O2S. The summed E-state index contributed by atoms with van der Waals surface area (Å²) in [6, 6.07) is 7.70. The summed E-state index contributed by atoms with van der Waals surface area (Å²) in [5.74, 6) is 0.842. The summed E-state index contributed by atoms with van der Waals surface area (Å²) in [6.07, 6.45) is 1.80. The second-order valence-corrected chi connectivity index (χ2v) is 6.87. The molecule has 0 spiro atoms. The van der Waals surface area contributed by atoms with Crippen molar-refractivity contribution in [3.8, 4) is 0 Å². The van der Waals surface area contributed by atoms with Crippen LogP contribution >= 0.6 is 27.7 Å². The molecule has 2 aromatic rings. The van der Waals surface area contributed by atoms with Crippen LogP contribution in [-0.2, 0) is 9.53 Å². The smallest absolute Gasteiger partial charge is 0.340 e. The molecule has 0 radical (unpaired) electrons. The van der Waals surface area contributed by atoms with E-state index in [9.17, 15) is 4.79 Å². The highest BCUT2D eigenvalue weighted by Gasteiger charge is 2.24. The van der Waals surface area contributed by atoms with Gasteiger partial charge in [0.1, 0.15) is 0 Å². The predicted molar refractivity (Wildman–Crippen MR) is 97.1 cm³/mol. The van der Waals surface area contributed by atoms with E-state index >= 15 is 0 Å². The summed E-state index contributed by atoms with van der Waals surface area (Å²) >= 11 is 4.90. The molecule has 24 heavy (non-hydrogen) atoms. The molecule has 1 aliphatic rings. The number of carbonyl (C=O) groups excluding carboxylic acids is 1. The largest absolute Gasteiger partial charge is 0.462 e. The highest BCUT2D eigenvalue weighted by Crippen LogP contribution is 2.25. The zero-order chi connectivity index (χ0) is 17.1. The number of hydrogen-bond acceptors (Lipinski definition) is 6. The van der Waals surface area contributed by atoms with Crippen molar-refractivity contribution in [3.05, 3.63) is 45.7 Å². The van der Waals surface area contributed by atoms with E-state index in [4.69, 9.17) is 4.74 Å². The van der Waals surface area contributed by atoms with E-state index in [1.54, 1.807) is 17.7 Å². The molecule has 0 saturated carbocycles. The zero-order valence-electron chi connectivity index (χ0n) is 13.2. The third-order valence-electron chi connectivity index (χ3n) is 3.31. The third-order valence-corrected chi connectivity index (χ3v) is 4.77. The fourth-order valence-electron chi connectivity index (χ4n) is 2.15. The Morgan fingerprint density at radius 2 is 2.12 bits per heavy atom. The van der Waals surface area contributed by atoms with Crippen LogP contribution in [-0.4, -0.2) is 38.9 Å². The SMILES string of the molecule is CCOC(=O)/C(=C\c1ccc(Br)cc1)C1=Nn2c(C)nnc2SC1. The maximum absolute atomic E-state index is 12.4. The van der Waals surface area contributed by atoms with Gasteiger partial charge in [0.05, 0.1) is 17.9 Å². The molecule has 1 aromatic carbocycles. The number of aromatic nitrogens is 3. The summed E-state index contributed by atoms with van der Waals surface area (Å²) in [5, 5.41) is 13.3. The lowest BCUT2D eigenvalue weighted by Gasteiger charge is -2.15. The maximum atomic E-state index is 12.4. The van der Waals surface area contributed by atoms with E-state index < -0.39 is 0 Å². The van der Waals surface area contributed by atoms with Crippen molar-refractivity contribution < 1.29 is 9.53 Å². The molecule has 8 heteroatoms. The number of aryl methyl sites for hydroxylation is 1. The zero-order valence-corrected chi connectivity index (χ0v) is 15.6. The highest BCUT2D eigenvalue weighted by molar-refractivity contribution is 9.10. The number of nitrogens with zero attached hydrogens (tertiary/aromatic N) is 4. The van der Waals surface area contributed by atoms with Crippen LogP contribution in [0.5, 0.6) is 0 Å². The van der Waals surface area contributed by atoms with Crippen molar-refractivity contribution in [3.63, 3.8) is 0 Å². The summed E-state index contributed by atoms with van der Waals surface area (Å²) in [4.78, 5) is 12.4. The number of halogens is 1. The molecule has 0 bridgehead atoms. The van der Waals surface area contributed by atoms with Crippen LogP contribution in [0.1, 0.15) is 18.3 Å². The predicted octanol–water partition coefficient (Wildman–Crippen LogP) is 3.31. The Morgan fingerprint density at radius 1 is 1.38 bits per heavy atom. The van der Waals surface area contributed by atoms with Gasteiger partial charge in [0, 0.05) is 10.2 Å². The van der Waals surface area contributed by atoms with Gasteiger partial charge in [-0.15, -0.1) is 10.2 Å². The lowest BCUT2D eigenvalue weighted by atomic mass is 10.1. The highest BCUT2D eigenvalue weighted by atomic mass is 79.9. The normalized spacial score (nSPS) is 14.1. The minimum atomic E-state index is -0.381. The molecule has 0 atom stereocenters. The number of esters is 1. The Bertz CT molecular complexity index is 827. The molecule has 2 heterocycles. The first-order valence-corrected chi connectivity index (χ1v) is 9.13. The van der Waals surface area contributed by atoms with Crippen LogP contribution < -0.4 is 0 Å². The summed E-state index contributed by atoms with van der Waals surface area (Å²) < 4.78 is 7.84. The molecule has 0 amide bonds. The van der Waals surface area contributed by atoms with E-state index in [0.29, 0.717) is 29.5 Å². The van der Waals surface area contributed by atoms with Crippen molar-refractivity contribution in [1.29, 1.82) is 0 Å². The molecule has 0 N–H and O–H groups in total. The maximum Gasteiger partial charge on any atom is 0.340 e. The van der Waals surface area contributed by atoms with E-state index in [1.807, 2.05) is 31.2 Å². The van der Waals surface area contributed by atoms with Crippen LogP contribution in [0.3, 0.4) is 0 Å². The van der Waals surface area contributed by atoms with Gasteiger partial charge in [-0.1, -0.05) is 39.8 Å². The van der Waals surface area contributed by atoms with E-state index in [1.165, 1.54) is 11.8 Å². The van der Waals surface area contributed by atoms with Crippen molar-refractivity contribution in [1.82, 2.24) is 14.9 Å². The molecule has 0 unspecified atom stereocenters. The van der Waals surface area contributed by atoms with Gasteiger partial charge in [0.15, 0.2) is 5.82 Å². The number of benzene rings is 1. The van der Waals surface area contributed by atoms with Gasteiger partial charge in [-0.25, -0.2) is 4.79 Å². The van der Waals surface area contributed by atoms with Gasteiger partial charge in [0.2, 0.25) is 5.16 Å². The molecule has 0 saturated heterocycles. The average Bonchev–Trinajstić information content (AvgIpc) is 2.95.